The number of rotatable bonds is 5. The number of hydrogen-bond donors (Lipinski definition) is 1. The summed E-state index contributed by atoms with van der Waals surface area (Å²) in [4.78, 5) is 17.1. The molecule has 154 valence electrons. The van der Waals surface area contributed by atoms with E-state index in [9.17, 15) is 13.2 Å². The first kappa shape index (κ1) is 19.9. The SMILES string of the molecule is CC1CCCC(C)N1c1cccc(CS(=O)(=O)NN2C(=O)Cc3ccccc32)c1. The van der Waals surface area contributed by atoms with Crippen LogP contribution in [0.25, 0.3) is 0 Å². The van der Waals surface area contributed by atoms with Gasteiger partial charge in [0.2, 0.25) is 15.9 Å². The Morgan fingerprint density at radius 2 is 1.76 bits per heavy atom. The second kappa shape index (κ2) is 7.80. The maximum atomic E-state index is 12.8. The quantitative estimate of drug-likeness (QED) is 0.816. The Labute approximate surface area is 172 Å². The second-order valence-corrected chi connectivity index (χ2v) is 9.79. The number of benzene rings is 2. The summed E-state index contributed by atoms with van der Waals surface area (Å²) in [5.41, 5.74) is 3.20. The van der Waals surface area contributed by atoms with Crippen LogP contribution in [0.5, 0.6) is 0 Å². The summed E-state index contributed by atoms with van der Waals surface area (Å²) in [5, 5.41) is 1.16. The van der Waals surface area contributed by atoms with Crippen molar-refractivity contribution in [3.63, 3.8) is 0 Å². The Kier molecular flexibility index (Phi) is 5.36. The molecule has 2 unspecified atom stereocenters. The fourth-order valence-electron chi connectivity index (χ4n) is 4.48. The van der Waals surface area contributed by atoms with E-state index in [-0.39, 0.29) is 18.1 Å². The van der Waals surface area contributed by atoms with Crippen molar-refractivity contribution in [1.29, 1.82) is 0 Å². The van der Waals surface area contributed by atoms with Crippen LogP contribution in [0.3, 0.4) is 0 Å². The van der Waals surface area contributed by atoms with E-state index in [0.29, 0.717) is 23.3 Å². The Bertz CT molecular complexity index is 1010. The molecule has 4 rings (SSSR count). The largest absolute Gasteiger partial charge is 0.366 e. The Balaban J connectivity index is 1.52. The van der Waals surface area contributed by atoms with Gasteiger partial charge in [-0.15, -0.1) is 4.83 Å². The Morgan fingerprint density at radius 1 is 1.03 bits per heavy atom. The van der Waals surface area contributed by atoms with Crippen LogP contribution in [0.15, 0.2) is 48.5 Å². The zero-order chi connectivity index (χ0) is 20.6. The van der Waals surface area contributed by atoms with Gasteiger partial charge in [0, 0.05) is 17.8 Å². The number of sulfonamides is 1. The molecular weight excluding hydrogens is 386 g/mol. The van der Waals surface area contributed by atoms with Crippen molar-refractivity contribution in [2.45, 2.75) is 57.4 Å². The Hall–Kier alpha value is -2.38. The topological polar surface area (TPSA) is 69.7 Å². The van der Waals surface area contributed by atoms with E-state index in [2.05, 4.69) is 23.6 Å². The summed E-state index contributed by atoms with van der Waals surface area (Å²) < 4.78 is 25.6. The first-order valence-corrected chi connectivity index (χ1v) is 11.8. The number of para-hydroxylation sites is 1. The van der Waals surface area contributed by atoms with Gasteiger partial charge in [0.25, 0.3) is 0 Å². The predicted molar refractivity (Wildman–Crippen MR) is 115 cm³/mol. The number of anilines is 2. The van der Waals surface area contributed by atoms with Crippen LogP contribution in [0.1, 0.15) is 44.2 Å². The summed E-state index contributed by atoms with van der Waals surface area (Å²) in [5.74, 6) is -0.442. The normalized spacial score (nSPS) is 22.1. The van der Waals surface area contributed by atoms with Crippen LogP contribution in [-0.4, -0.2) is 26.4 Å². The zero-order valence-electron chi connectivity index (χ0n) is 16.8. The molecule has 1 saturated heterocycles. The zero-order valence-corrected chi connectivity index (χ0v) is 17.7. The molecule has 0 saturated carbocycles. The van der Waals surface area contributed by atoms with E-state index < -0.39 is 10.0 Å². The molecule has 1 N–H and O–H groups in total. The molecule has 2 heterocycles. The molecule has 0 radical (unpaired) electrons. The van der Waals surface area contributed by atoms with E-state index in [1.807, 2.05) is 36.4 Å². The van der Waals surface area contributed by atoms with Crippen molar-refractivity contribution >= 4 is 27.3 Å². The molecule has 29 heavy (non-hydrogen) atoms. The molecule has 2 atom stereocenters. The molecule has 0 bridgehead atoms. The van der Waals surface area contributed by atoms with E-state index in [0.717, 1.165) is 29.1 Å². The average Bonchev–Trinajstić information content (AvgIpc) is 2.96. The lowest BCUT2D eigenvalue weighted by atomic mass is 9.96. The van der Waals surface area contributed by atoms with Gasteiger partial charge in [-0.25, -0.2) is 13.4 Å². The summed E-state index contributed by atoms with van der Waals surface area (Å²) >= 11 is 0. The van der Waals surface area contributed by atoms with Crippen LogP contribution in [0.2, 0.25) is 0 Å². The Morgan fingerprint density at radius 3 is 2.52 bits per heavy atom. The van der Waals surface area contributed by atoms with Crippen molar-refractivity contribution in [3.8, 4) is 0 Å². The highest BCUT2D eigenvalue weighted by Crippen LogP contribution is 2.30. The van der Waals surface area contributed by atoms with E-state index in [4.69, 9.17) is 0 Å². The molecule has 2 aromatic rings. The fourth-order valence-corrected chi connectivity index (χ4v) is 5.64. The van der Waals surface area contributed by atoms with Crippen molar-refractivity contribution < 1.29 is 13.2 Å². The lowest BCUT2D eigenvalue weighted by molar-refractivity contribution is -0.117. The maximum absolute atomic E-state index is 12.8. The van der Waals surface area contributed by atoms with Crippen LogP contribution in [0.4, 0.5) is 11.4 Å². The average molecular weight is 414 g/mol. The second-order valence-electron chi connectivity index (χ2n) is 8.09. The first-order chi connectivity index (χ1) is 13.8. The fraction of sp³-hybridized carbons (Fsp3) is 0.409. The lowest BCUT2D eigenvalue weighted by Gasteiger charge is -2.41. The van der Waals surface area contributed by atoms with Crippen molar-refractivity contribution in [3.05, 3.63) is 59.7 Å². The van der Waals surface area contributed by atoms with Crippen LogP contribution >= 0.6 is 0 Å². The number of carbonyl (C=O) groups is 1. The minimum absolute atomic E-state index is 0.177. The smallest absolute Gasteiger partial charge is 0.246 e. The highest BCUT2D eigenvalue weighted by atomic mass is 32.2. The van der Waals surface area contributed by atoms with Crippen LogP contribution in [0, 0.1) is 0 Å². The van der Waals surface area contributed by atoms with Gasteiger partial charge in [-0.2, -0.15) is 0 Å². The van der Waals surface area contributed by atoms with Crippen molar-refractivity contribution in [2.75, 3.05) is 9.91 Å². The van der Waals surface area contributed by atoms with Crippen LogP contribution < -0.4 is 14.7 Å². The summed E-state index contributed by atoms with van der Waals surface area (Å²) in [6.45, 7) is 4.44. The van der Waals surface area contributed by atoms with Gasteiger partial charge in [0.1, 0.15) is 0 Å². The van der Waals surface area contributed by atoms with Gasteiger partial charge < -0.3 is 4.90 Å². The van der Waals surface area contributed by atoms with Gasteiger partial charge in [-0.05, 0) is 62.4 Å². The lowest BCUT2D eigenvalue weighted by Crippen LogP contribution is -2.45. The number of hydrazine groups is 1. The number of piperidine rings is 1. The molecule has 2 aliphatic heterocycles. The molecule has 2 aliphatic rings. The highest BCUT2D eigenvalue weighted by Gasteiger charge is 2.31. The van der Waals surface area contributed by atoms with Gasteiger partial charge in [-0.3, -0.25) is 4.79 Å². The van der Waals surface area contributed by atoms with Crippen molar-refractivity contribution in [1.82, 2.24) is 4.83 Å². The predicted octanol–water partition coefficient (Wildman–Crippen LogP) is 3.38. The summed E-state index contributed by atoms with van der Waals surface area (Å²) in [6, 6.07) is 15.8. The number of hydrogen-bond acceptors (Lipinski definition) is 4. The number of nitrogens with one attached hydrogen (secondary N) is 1. The molecule has 7 heteroatoms. The molecule has 0 aromatic heterocycles. The number of fused-ring (bicyclic) bond motifs is 1. The van der Waals surface area contributed by atoms with E-state index in [1.165, 1.54) is 6.42 Å². The maximum Gasteiger partial charge on any atom is 0.246 e. The molecule has 0 aliphatic carbocycles. The third kappa shape index (κ3) is 4.16. The number of carbonyl (C=O) groups excluding carboxylic acids is 1. The third-order valence-corrected chi connectivity index (χ3v) is 6.99. The van der Waals surface area contributed by atoms with Gasteiger partial charge >= 0.3 is 0 Å². The van der Waals surface area contributed by atoms with Gasteiger partial charge in [-0.1, -0.05) is 30.3 Å². The summed E-state index contributed by atoms with van der Waals surface area (Å²) in [6.07, 6.45) is 3.72. The first-order valence-electron chi connectivity index (χ1n) is 10.1. The molecule has 6 nitrogen and oxygen atoms in total. The molecule has 1 fully saturated rings. The molecule has 2 aromatic carbocycles. The van der Waals surface area contributed by atoms with Gasteiger partial charge in [0.15, 0.2) is 0 Å². The monoisotopic (exact) mass is 413 g/mol. The molecular formula is C22H27N3O3S. The standard InChI is InChI=1S/C22H27N3O3S/c1-16-7-5-8-17(2)24(16)20-11-6-9-18(13-20)15-29(27,28)23-25-21-12-4-3-10-19(21)14-22(25)26/h3-4,6,9-13,16-17,23H,5,7-8,14-15H2,1-2H3. The third-order valence-electron chi connectivity index (χ3n) is 5.81. The minimum Gasteiger partial charge on any atom is -0.366 e. The minimum atomic E-state index is -3.73. The highest BCUT2D eigenvalue weighted by molar-refractivity contribution is 7.88. The van der Waals surface area contributed by atoms with Crippen molar-refractivity contribution in [2.24, 2.45) is 0 Å². The van der Waals surface area contributed by atoms with E-state index >= 15 is 0 Å². The summed E-state index contributed by atoms with van der Waals surface area (Å²) in [7, 11) is -3.73. The number of nitrogens with zero attached hydrogens (tertiary/aromatic N) is 2. The van der Waals surface area contributed by atoms with E-state index in [1.54, 1.807) is 12.1 Å². The molecule has 1 amide bonds. The van der Waals surface area contributed by atoms with Crippen LogP contribution in [-0.2, 0) is 27.0 Å². The molecule has 0 spiro atoms. The number of amides is 1. The van der Waals surface area contributed by atoms with Gasteiger partial charge in [0.05, 0.1) is 17.9 Å².